The van der Waals surface area contributed by atoms with Crippen molar-refractivity contribution >= 4 is 5.91 Å². The van der Waals surface area contributed by atoms with Gasteiger partial charge in [-0.2, -0.15) is 0 Å². The Morgan fingerprint density at radius 2 is 1.45 bits per heavy atom. The van der Waals surface area contributed by atoms with Crippen LogP contribution in [-0.4, -0.2) is 47.5 Å². The molecular formula is C27H30N2O2. The lowest BCUT2D eigenvalue weighted by molar-refractivity contribution is -0.147. The van der Waals surface area contributed by atoms with E-state index in [1.807, 2.05) is 66.7 Å². The lowest BCUT2D eigenvalue weighted by atomic mass is 9.85. The van der Waals surface area contributed by atoms with Gasteiger partial charge >= 0.3 is 0 Å². The maximum absolute atomic E-state index is 13.6. The Bertz CT molecular complexity index is 936. The molecule has 4 nitrogen and oxygen atoms in total. The highest BCUT2D eigenvalue weighted by Crippen LogP contribution is 2.32. The van der Waals surface area contributed by atoms with Crippen molar-refractivity contribution < 1.29 is 9.90 Å². The maximum atomic E-state index is 13.6. The highest BCUT2D eigenvalue weighted by atomic mass is 16.3. The van der Waals surface area contributed by atoms with Crippen LogP contribution in [0, 0.1) is 5.92 Å². The number of carbonyl (C=O) groups is 1. The SMILES string of the molecule is CN(CC1CCN(Cc2ccccc2)C1)C(=O)C(O)(c1ccccc1)c1ccccc1. The standard InChI is InChI=1S/C27H30N2O2/c1-28(19-23-17-18-29(21-23)20-22-11-5-2-6-12-22)26(30)27(31,24-13-7-3-8-14-24)25-15-9-4-10-16-25/h2-16,23,31H,17-21H2,1H3. The van der Waals surface area contributed by atoms with E-state index >= 15 is 0 Å². The summed E-state index contributed by atoms with van der Waals surface area (Å²) in [4.78, 5) is 17.7. The van der Waals surface area contributed by atoms with E-state index < -0.39 is 5.60 Å². The number of likely N-dealkylation sites (N-methyl/N-ethyl adjacent to an activating group) is 1. The molecule has 0 aromatic heterocycles. The van der Waals surface area contributed by atoms with Crippen LogP contribution in [0.25, 0.3) is 0 Å². The normalized spacial score (nSPS) is 16.9. The fourth-order valence-electron chi connectivity index (χ4n) is 4.57. The Hall–Kier alpha value is -2.95. The first-order chi connectivity index (χ1) is 15.1. The number of rotatable bonds is 7. The fourth-order valence-corrected chi connectivity index (χ4v) is 4.57. The average Bonchev–Trinajstić information content (AvgIpc) is 3.26. The second-order valence-corrected chi connectivity index (χ2v) is 8.50. The molecule has 0 spiro atoms. The zero-order chi connectivity index (χ0) is 21.7. The molecule has 1 aliphatic heterocycles. The van der Waals surface area contributed by atoms with Crippen molar-refractivity contribution in [3.05, 3.63) is 108 Å². The molecule has 1 N–H and O–H groups in total. The molecule has 160 valence electrons. The van der Waals surface area contributed by atoms with Crippen LogP contribution >= 0.6 is 0 Å². The van der Waals surface area contributed by atoms with Gasteiger partial charge in [-0.1, -0.05) is 91.0 Å². The molecule has 1 unspecified atom stereocenters. The van der Waals surface area contributed by atoms with E-state index in [9.17, 15) is 9.90 Å². The molecular weight excluding hydrogens is 384 g/mol. The van der Waals surface area contributed by atoms with Crippen LogP contribution in [-0.2, 0) is 16.9 Å². The quantitative estimate of drug-likeness (QED) is 0.638. The molecule has 0 radical (unpaired) electrons. The van der Waals surface area contributed by atoms with Crippen molar-refractivity contribution in [2.24, 2.45) is 5.92 Å². The van der Waals surface area contributed by atoms with Gasteiger partial charge in [0.15, 0.2) is 5.60 Å². The van der Waals surface area contributed by atoms with Crippen molar-refractivity contribution in [3.8, 4) is 0 Å². The molecule has 1 saturated heterocycles. The first-order valence-corrected chi connectivity index (χ1v) is 10.9. The molecule has 1 aliphatic rings. The molecule has 1 heterocycles. The molecule has 1 fully saturated rings. The van der Waals surface area contributed by atoms with Gasteiger partial charge < -0.3 is 10.0 Å². The topological polar surface area (TPSA) is 43.8 Å². The third-order valence-corrected chi connectivity index (χ3v) is 6.19. The lowest BCUT2D eigenvalue weighted by Gasteiger charge is -2.33. The fraction of sp³-hybridized carbons (Fsp3) is 0.296. The van der Waals surface area contributed by atoms with Gasteiger partial charge in [0.2, 0.25) is 0 Å². The zero-order valence-electron chi connectivity index (χ0n) is 18.0. The van der Waals surface area contributed by atoms with Crippen molar-refractivity contribution in [1.29, 1.82) is 0 Å². The van der Waals surface area contributed by atoms with Gasteiger partial charge in [-0.3, -0.25) is 9.69 Å². The van der Waals surface area contributed by atoms with E-state index in [1.165, 1.54) is 5.56 Å². The third-order valence-electron chi connectivity index (χ3n) is 6.19. The Labute approximate surface area is 184 Å². The van der Waals surface area contributed by atoms with Crippen molar-refractivity contribution in [2.45, 2.75) is 18.6 Å². The minimum absolute atomic E-state index is 0.286. The molecule has 4 rings (SSSR count). The lowest BCUT2D eigenvalue weighted by Crippen LogP contribution is -2.47. The molecule has 31 heavy (non-hydrogen) atoms. The summed E-state index contributed by atoms with van der Waals surface area (Å²) in [6, 6.07) is 29.0. The van der Waals surface area contributed by atoms with Gasteiger partial charge in [-0.25, -0.2) is 0 Å². The van der Waals surface area contributed by atoms with E-state index in [2.05, 4.69) is 29.2 Å². The van der Waals surface area contributed by atoms with Crippen LogP contribution < -0.4 is 0 Å². The summed E-state index contributed by atoms with van der Waals surface area (Å²) in [6.07, 6.45) is 1.06. The van der Waals surface area contributed by atoms with Gasteiger partial charge in [0.25, 0.3) is 5.91 Å². The summed E-state index contributed by atoms with van der Waals surface area (Å²) in [6.45, 7) is 3.56. The zero-order valence-corrected chi connectivity index (χ0v) is 18.0. The third kappa shape index (κ3) is 4.71. The largest absolute Gasteiger partial charge is 0.372 e. The van der Waals surface area contributed by atoms with Gasteiger partial charge in [-0.05, 0) is 35.6 Å². The number of hydrogen-bond donors (Lipinski definition) is 1. The van der Waals surface area contributed by atoms with E-state index in [4.69, 9.17) is 0 Å². The number of hydrogen-bond acceptors (Lipinski definition) is 3. The Morgan fingerprint density at radius 3 is 2.00 bits per heavy atom. The molecule has 1 amide bonds. The second-order valence-electron chi connectivity index (χ2n) is 8.50. The van der Waals surface area contributed by atoms with Crippen molar-refractivity contribution in [2.75, 3.05) is 26.7 Å². The van der Waals surface area contributed by atoms with Crippen LogP contribution in [0.15, 0.2) is 91.0 Å². The summed E-state index contributed by atoms with van der Waals surface area (Å²) in [5, 5.41) is 11.7. The number of amides is 1. The maximum Gasteiger partial charge on any atom is 0.263 e. The van der Waals surface area contributed by atoms with Gasteiger partial charge in [0.05, 0.1) is 0 Å². The monoisotopic (exact) mass is 414 g/mol. The van der Waals surface area contributed by atoms with Crippen molar-refractivity contribution in [1.82, 2.24) is 9.80 Å². The summed E-state index contributed by atoms with van der Waals surface area (Å²) in [5.74, 6) is 0.111. The summed E-state index contributed by atoms with van der Waals surface area (Å²) >= 11 is 0. The predicted molar refractivity (Wildman–Crippen MR) is 123 cm³/mol. The average molecular weight is 415 g/mol. The Kier molecular flexibility index (Phi) is 6.50. The molecule has 0 saturated carbocycles. The number of likely N-dealkylation sites (tertiary alicyclic amines) is 1. The van der Waals surface area contributed by atoms with Crippen LogP contribution in [0.1, 0.15) is 23.1 Å². The molecule has 4 heteroatoms. The highest BCUT2D eigenvalue weighted by Gasteiger charge is 2.42. The van der Waals surface area contributed by atoms with Crippen molar-refractivity contribution in [3.63, 3.8) is 0 Å². The van der Waals surface area contributed by atoms with Gasteiger partial charge in [-0.15, -0.1) is 0 Å². The molecule has 0 aliphatic carbocycles. The predicted octanol–water partition coefficient (Wildman–Crippen LogP) is 3.90. The van der Waals surface area contributed by atoms with E-state index in [1.54, 1.807) is 11.9 Å². The Morgan fingerprint density at radius 1 is 0.935 bits per heavy atom. The second kappa shape index (κ2) is 9.46. The number of aliphatic hydroxyl groups is 1. The highest BCUT2D eigenvalue weighted by molar-refractivity contribution is 5.90. The van der Waals surface area contributed by atoms with E-state index in [0.717, 1.165) is 26.1 Å². The van der Waals surface area contributed by atoms with Crippen LogP contribution in [0.5, 0.6) is 0 Å². The van der Waals surface area contributed by atoms with Gasteiger partial charge in [0.1, 0.15) is 0 Å². The molecule has 0 bridgehead atoms. The summed E-state index contributed by atoms with van der Waals surface area (Å²) in [5.41, 5.74) is 0.806. The Balaban J connectivity index is 1.47. The summed E-state index contributed by atoms with van der Waals surface area (Å²) < 4.78 is 0. The summed E-state index contributed by atoms with van der Waals surface area (Å²) in [7, 11) is 1.80. The number of benzene rings is 3. The van der Waals surface area contributed by atoms with Crippen LogP contribution in [0.3, 0.4) is 0 Å². The first kappa shape index (κ1) is 21.3. The molecule has 3 aromatic rings. The van der Waals surface area contributed by atoms with Gasteiger partial charge in [0, 0.05) is 26.7 Å². The molecule has 3 aromatic carbocycles. The van der Waals surface area contributed by atoms with E-state index in [-0.39, 0.29) is 5.91 Å². The first-order valence-electron chi connectivity index (χ1n) is 10.9. The number of nitrogens with zero attached hydrogens (tertiary/aromatic N) is 2. The van der Waals surface area contributed by atoms with E-state index in [0.29, 0.717) is 23.6 Å². The number of carbonyl (C=O) groups excluding carboxylic acids is 1. The minimum atomic E-state index is -1.69. The smallest absolute Gasteiger partial charge is 0.263 e. The van der Waals surface area contributed by atoms with Crippen LogP contribution in [0.4, 0.5) is 0 Å². The minimum Gasteiger partial charge on any atom is -0.372 e. The molecule has 1 atom stereocenters. The van der Waals surface area contributed by atoms with Crippen LogP contribution in [0.2, 0.25) is 0 Å².